The first-order valence-corrected chi connectivity index (χ1v) is 10.3. The number of hydrogen-bond donors (Lipinski definition) is 0. The molecule has 156 valence electrons. The van der Waals surface area contributed by atoms with Crippen LogP contribution in [0.15, 0.2) is 59.1 Å². The van der Waals surface area contributed by atoms with E-state index in [1.807, 2.05) is 47.4 Å². The number of carbonyl (C=O) groups excluding carboxylic acids is 1. The Hall–Kier alpha value is -2.90. The number of nitrogens with zero attached hydrogens (tertiary/aromatic N) is 4. The molecule has 30 heavy (non-hydrogen) atoms. The van der Waals surface area contributed by atoms with Gasteiger partial charge < -0.3 is 14.2 Å². The SMILES string of the molecule is O=C(CCOc1ccccc1)N1CCN(Cc2nc(-c3ccc(Cl)cc3)no2)CC1. The highest BCUT2D eigenvalue weighted by molar-refractivity contribution is 6.30. The summed E-state index contributed by atoms with van der Waals surface area (Å²) in [6.07, 6.45) is 0.378. The molecule has 0 radical (unpaired) electrons. The second-order valence-corrected chi connectivity index (χ2v) is 7.52. The van der Waals surface area contributed by atoms with Gasteiger partial charge in [0.1, 0.15) is 5.75 Å². The number of benzene rings is 2. The summed E-state index contributed by atoms with van der Waals surface area (Å²) in [4.78, 5) is 21.0. The molecule has 7 nitrogen and oxygen atoms in total. The van der Waals surface area contributed by atoms with Gasteiger partial charge in [0.2, 0.25) is 17.6 Å². The van der Waals surface area contributed by atoms with Crippen LogP contribution in [0.4, 0.5) is 0 Å². The molecule has 2 aromatic carbocycles. The van der Waals surface area contributed by atoms with E-state index in [4.69, 9.17) is 20.9 Å². The van der Waals surface area contributed by atoms with Crippen molar-refractivity contribution in [1.29, 1.82) is 0 Å². The van der Waals surface area contributed by atoms with Crippen molar-refractivity contribution in [3.63, 3.8) is 0 Å². The van der Waals surface area contributed by atoms with Gasteiger partial charge in [-0.3, -0.25) is 9.69 Å². The minimum Gasteiger partial charge on any atom is -0.493 e. The van der Waals surface area contributed by atoms with E-state index in [2.05, 4.69) is 15.0 Å². The van der Waals surface area contributed by atoms with Crippen molar-refractivity contribution in [3.8, 4) is 17.1 Å². The standard InChI is InChI=1S/C22H23ClN4O3/c23-18-8-6-17(7-9-18)22-24-20(30-25-22)16-26-11-13-27(14-12-26)21(28)10-15-29-19-4-2-1-3-5-19/h1-9H,10-16H2. The van der Waals surface area contributed by atoms with Crippen LogP contribution in [-0.2, 0) is 11.3 Å². The molecule has 4 rings (SSSR count). The third kappa shape index (κ3) is 5.37. The molecule has 0 N–H and O–H groups in total. The molecule has 1 aromatic heterocycles. The molecule has 8 heteroatoms. The Bertz CT molecular complexity index is 954. The van der Waals surface area contributed by atoms with Gasteiger partial charge in [0.25, 0.3) is 0 Å². The summed E-state index contributed by atoms with van der Waals surface area (Å²) in [5.74, 6) is 2.02. The third-order valence-electron chi connectivity index (χ3n) is 4.98. The number of halogens is 1. The van der Waals surface area contributed by atoms with Crippen LogP contribution >= 0.6 is 11.6 Å². The monoisotopic (exact) mass is 426 g/mol. The summed E-state index contributed by atoms with van der Waals surface area (Å²) in [7, 11) is 0. The largest absolute Gasteiger partial charge is 0.493 e. The first-order valence-electron chi connectivity index (χ1n) is 9.94. The summed E-state index contributed by atoms with van der Waals surface area (Å²) in [5.41, 5.74) is 0.863. The number of para-hydroxylation sites is 1. The van der Waals surface area contributed by atoms with E-state index in [9.17, 15) is 4.79 Å². The van der Waals surface area contributed by atoms with E-state index in [0.717, 1.165) is 24.4 Å². The lowest BCUT2D eigenvalue weighted by Gasteiger charge is -2.34. The number of ether oxygens (including phenoxy) is 1. The minimum absolute atomic E-state index is 0.119. The van der Waals surface area contributed by atoms with Gasteiger partial charge >= 0.3 is 0 Å². The van der Waals surface area contributed by atoms with Gasteiger partial charge in [-0.1, -0.05) is 35.0 Å². The fourth-order valence-corrected chi connectivity index (χ4v) is 3.44. The van der Waals surface area contributed by atoms with Gasteiger partial charge in [-0.05, 0) is 36.4 Å². The fraction of sp³-hybridized carbons (Fsp3) is 0.318. The molecule has 1 saturated heterocycles. The predicted octanol–water partition coefficient (Wildman–Crippen LogP) is 3.50. The Morgan fingerprint density at radius 2 is 1.77 bits per heavy atom. The molecule has 1 fully saturated rings. The van der Waals surface area contributed by atoms with E-state index >= 15 is 0 Å². The highest BCUT2D eigenvalue weighted by Crippen LogP contribution is 2.19. The molecule has 1 aliphatic heterocycles. The molecule has 0 atom stereocenters. The summed E-state index contributed by atoms with van der Waals surface area (Å²) >= 11 is 5.92. The second kappa shape index (κ2) is 9.73. The first-order chi connectivity index (χ1) is 14.7. The van der Waals surface area contributed by atoms with Crippen molar-refractivity contribution in [3.05, 3.63) is 65.5 Å². The lowest BCUT2D eigenvalue weighted by atomic mass is 10.2. The maximum Gasteiger partial charge on any atom is 0.241 e. The number of piperazine rings is 1. The topological polar surface area (TPSA) is 71.7 Å². The van der Waals surface area contributed by atoms with Crippen LogP contribution in [0.2, 0.25) is 5.02 Å². The Morgan fingerprint density at radius 1 is 1.03 bits per heavy atom. The Balaban J connectivity index is 1.21. The van der Waals surface area contributed by atoms with Gasteiger partial charge in [-0.2, -0.15) is 4.98 Å². The summed E-state index contributed by atoms with van der Waals surface area (Å²) in [6.45, 7) is 3.86. The fourth-order valence-electron chi connectivity index (χ4n) is 3.31. The van der Waals surface area contributed by atoms with Crippen molar-refractivity contribution in [2.75, 3.05) is 32.8 Å². The molecular formula is C22H23ClN4O3. The smallest absolute Gasteiger partial charge is 0.241 e. The number of carbonyl (C=O) groups is 1. The van der Waals surface area contributed by atoms with Gasteiger partial charge in [-0.15, -0.1) is 0 Å². The highest BCUT2D eigenvalue weighted by Gasteiger charge is 2.22. The summed E-state index contributed by atoms with van der Waals surface area (Å²) in [5, 5.41) is 4.72. The van der Waals surface area contributed by atoms with Gasteiger partial charge in [0.05, 0.1) is 19.6 Å². The van der Waals surface area contributed by atoms with E-state index in [-0.39, 0.29) is 5.91 Å². The van der Waals surface area contributed by atoms with Crippen molar-refractivity contribution in [2.45, 2.75) is 13.0 Å². The third-order valence-corrected chi connectivity index (χ3v) is 5.23. The number of hydrogen-bond acceptors (Lipinski definition) is 6. The molecule has 2 heterocycles. The van der Waals surface area contributed by atoms with Crippen LogP contribution in [0, 0.1) is 0 Å². The van der Waals surface area contributed by atoms with E-state index < -0.39 is 0 Å². The maximum atomic E-state index is 12.4. The summed E-state index contributed by atoms with van der Waals surface area (Å²) in [6, 6.07) is 16.9. The number of rotatable bonds is 7. The Kier molecular flexibility index (Phi) is 6.61. The Labute approximate surface area is 180 Å². The van der Waals surface area contributed by atoms with Crippen molar-refractivity contribution in [2.24, 2.45) is 0 Å². The Morgan fingerprint density at radius 3 is 2.50 bits per heavy atom. The second-order valence-electron chi connectivity index (χ2n) is 7.09. The average Bonchev–Trinajstić information content (AvgIpc) is 3.24. The molecule has 3 aromatic rings. The van der Waals surface area contributed by atoms with Crippen molar-refractivity contribution < 1.29 is 14.1 Å². The molecule has 1 amide bonds. The lowest BCUT2D eigenvalue weighted by molar-refractivity contribution is -0.133. The van der Waals surface area contributed by atoms with Crippen LogP contribution < -0.4 is 4.74 Å². The molecular weight excluding hydrogens is 404 g/mol. The van der Waals surface area contributed by atoms with Crippen molar-refractivity contribution >= 4 is 17.5 Å². The first kappa shape index (κ1) is 20.4. The number of amides is 1. The molecule has 0 saturated carbocycles. The van der Waals surface area contributed by atoms with Gasteiger partial charge in [-0.25, -0.2) is 0 Å². The van der Waals surface area contributed by atoms with E-state index in [1.165, 1.54) is 0 Å². The zero-order valence-electron chi connectivity index (χ0n) is 16.5. The molecule has 0 unspecified atom stereocenters. The quantitative estimate of drug-likeness (QED) is 0.575. The maximum absolute atomic E-state index is 12.4. The molecule has 0 spiro atoms. The van der Waals surface area contributed by atoms with E-state index in [1.54, 1.807) is 12.1 Å². The van der Waals surface area contributed by atoms with E-state index in [0.29, 0.717) is 49.4 Å². The minimum atomic E-state index is 0.119. The lowest BCUT2D eigenvalue weighted by Crippen LogP contribution is -2.48. The van der Waals surface area contributed by atoms with Crippen molar-refractivity contribution in [1.82, 2.24) is 19.9 Å². The molecule has 1 aliphatic rings. The number of aromatic nitrogens is 2. The van der Waals surface area contributed by atoms with Gasteiger partial charge in [0, 0.05) is 36.8 Å². The summed E-state index contributed by atoms with van der Waals surface area (Å²) < 4.78 is 11.0. The van der Waals surface area contributed by atoms with Crippen LogP contribution in [0.25, 0.3) is 11.4 Å². The highest BCUT2D eigenvalue weighted by atomic mass is 35.5. The van der Waals surface area contributed by atoms with Crippen LogP contribution in [-0.4, -0.2) is 58.6 Å². The zero-order valence-corrected chi connectivity index (χ0v) is 17.3. The normalized spacial score (nSPS) is 14.6. The zero-order chi connectivity index (χ0) is 20.8. The van der Waals surface area contributed by atoms with Gasteiger partial charge in [0.15, 0.2) is 0 Å². The molecule has 0 bridgehead atoms. The van der Waals surface area contributed by atoms with Crippen LogP contribution in [0.5, 0.6) is 5.75 Å². The molecule has 0 aliphatic carbocycles. The van der Waals surface area contributed by atoms with Crippen LogP contribution in [0.3, 0.4) is 0 Å². The average molecular weight is 427 g/mol. The predicted molar refractivity (Wildman–Crippen MR) is 113 cm³/mol. The van der Waals surface area contributed by atoms with Crippen LogP contribution in [0.1, 0.15) is 12.3 Å².